The lowest BCUT2D eigenvalue weighted by molar-refractivity contribution is -0.641. The summed E-state index contributed by atoms with van der Waals surface area (Å²) in [5.74, 6) is 0. The molecule has 114 valence electrons. The monoisotopic (exact) mass is 285 g/mol. The first-order valence-electron chi connectivity index (χ1n) is 6.76. The van der Waals surface area contributed by atoms with Crippen LogP contribution in [0.25, 0.3) is 0 Å². The van der Waals surface area contributed by atoms with E-state index in [9.17, 15) is 0 Å². The molecule has 0 spiro atoms. The van der Waals surface area contributed by atoms with Gasteiger partial charge in [0.05, 0.1) is 18.7 Å². The van der Waals surface area contributed by atoms with E-state index >= 15 is 0 Å². The van der Waals surface area contributed by atoms with Crippen LogP contribution in [0.5, 0.6) is 0 Å². The van der Waals surface area contributed by atoms with Gasteiger partial charge in [-0.25, -0.2) is 4.89 Å². The first kappa shape index (κ1) is 18.8. The number of nitrogens with two attached hydrogens (primary N) is 1. The molecule has 2 N–H and O–H groups in total. The van der Waals surface area contributed by atoms with Crippen molar-refractivity contribution in [1.29, 1.82) is 10.5 Å². The van der Waals surface area contributed by atoms with Crippen molar-refractivity contribution >= 4 is 0 Å². The molecule has 0 aromatic carbocycles. The van der Waals surface area contributed by atoms with E-state index in [2.05, 4.69) is 17.0 Å². The largest absolute Gasteiger partial charge is 0.328 e. The molecule has 0 bridgehead atoms. The normalized spacial score (nSPS) is 12.7. The van der Waals surface area contributed by atoms with Crippen LogP contribution in [0.15, 0.2) is 0 Å². The summed E-state index contributed by atoms with van der Waals surface area (Å²) in [6.07, 6.45) is 3.73. The summed E-state index contributed by atoms with van der Waals surface area (Å²) in [5.41, 5.74) is 4.29. The average Bonchev–Trinajstić information content (AvgIpc) is 2.48. The van der Waals surface area contributed by atoms with Gasteiger partial charge in [-0.05, 0) is 23.4 Å². The van der Waals surface area contributed by atoms with Crippen molar-refractivity contribution in [3.8, 4) is 12.1 Å². The van der Waals surface area contributed by atoms with Gasteiger partial charge in [0.25, 0.3) is 0 Å². The molecule has 1 unspecified atom stereocenters. The minimum absolute atomic E-state index is 0.0960. The molecule has 0 aromatic heterocycles. The Kier molecular flexibility index (Phi) is 10.9. The van der Waals surface area contributed by atoms with E-state index in [1.807, 2.05) is 12.1 Å². The number of hydrogen-bond donors (Lipinski definition) is 1. The first-order valence-corrected chi connectivity index (χ1v) is 6.76. The third-order valence-corrected chi connectivity index (χ3v) is 2.72. The SMILES string of the molecule is CCCCCCOOOOC(CN)CC(C)(C#N)C#N. The topological polar surface area (TPSA) is 111 Å². The highest BCUT2D eigenvalue weighted by molar-refractivity contribution is 5.11. The number of rotatable bonds is 12. The lowest BCUT2D eigenvalue weighted by Crippen LogP contribution is -2.30. The van der Waals surface area contributed by atoms with Crippen LogP contribution in [0.3, 0.4) is 0 Å². The zero-order valence-corrected chi connectivity index (χ0v) is 12.1. The number of hydrogen-bond acceptors (Lipinski definition) is 7. The Morgan fingerprint density at radius 2 is 1.85 bits per heavy atom. The third-order valence-electron chi connectivity index (χ3n) is 2.72. The zero-order valence-electron chi connectivity index (χ0n) is 12.1. The predicted molar refractivity (Wildman–Crippen MR) is 70.1 cm³/mol. The maximum absolute atomic E-state index is 8.88. The Bertz CT molecular complexity index is 311. The highest BCUT2D eigenvalue weighted by Gasteiger charge is 2.28. The summed E-state index contributed by atoms with van der Waals surface area (Å²) in [5, 5.41) is 26.5. The van der Waals surface area contributed by atoms with Crippen molar-refractivity contribution < 1.29 is 19.9 Å². The average molecular weight is 285 g/mol. The van der Waals surface area contributed by atoms with E-state index in [0.717, 1.165) is 25.7 Å². The van der Waals surface area contributed by atoms with E-state index < -0.39 is 11.5 Å². The Hall–Kier alpha value is -1.22. The summed E-state index contributed by atoms with van der Waals surface area (Å²) in [6, 6.07) is 3.80. The Balaban J connectivity index is 3.71. The second-order valence-electron chi connectivity index (χ2n) is 4.73. The van der Waals surface area contributed by atoms with Gasteiger partial charge in [0, 0.05) is 13.0 Å². The molecule has 0 aliphatic heterocycles. The second kappa shape index (κ2) is 11.6. The van der Waals surface area contributed by atoms with E-state index in [-0.39, 0.29) is 13.0 Å². The van der Waals surface area contributed by atoms with E-state index in [1.165, 1.54) is 6.92 Å². The van der Waals surface area contributed by atoms with Crippen molar-refractivity contribution in [2.75, 3.05) is 13.2 Å². The molecule has 0 aliphatic rings. The van der Waals surface area contributed by atoms with Gasteiger partial charge in [-0.3, -0.25) is 0 Å². The van der Waals surface area contributed by atoms with Crippen LogP contribution in [0, 0.1) is 28.1 Å². The number of unbranched alkanes of at least 4 members (excludes halogenated alkanes) is 3. The van der Waals surface area contributed by atoms with Crippen LogP contribution in [0.2, 0.25) is 0 Å². The van der Waals surface area contributed by atoms with E-state index in [4.69, 9.17) is 26.0 Å². The van der Waals surface area contributed by atoms with Crippen molar-refractivity contribution in [2.45, 2.75) is 52.1 Å². The highest BCUT2D eigenvalue weighted by atomic mass is 17.7. The standard InChI is InChI=1S/C13H23N3O4/c1-3-4-5-6-7-17-19-20-18-12(9-14)8-13(2,10-15)11-16/h12H,3-9,14H2,1-2H3. The summed E-state index contributed by atoms with van der Waals surface area (Å²) in [7, 11) is 0. The quantitative estimate of drug-likeness (QED) is 0.332. The van der Waals surface area contributed by atoms with Gasteiger partial charge in [-0.15, -0.1) is 0 Å². The molecular weight excluding hydrogens is 262 g/mol. The molecule has 0 radical (unpaired) electrons. The lowest BCUT2D eigenvalue weighted by atomic mass is 9.88. The molecule has 0 saturated carbocycles. The second-order valence-corrected chi connectivity index (χ2v) is 4.73. The molecular formula is C13H23N3O4. The fourth-order valence-corrected chi connectivity index (χ4v) is 1.44. The lowest BCUT2D eigenvalue weighted by Gasteiger charge is -2.18. The highest BCUT2D eigenvalue weighted by Crippen LogP contribution is 2.22. The Morgan fingerprint density at radius 3 is 2.40 bits per heavy atom. The van der Waals surface area contributed by atoms with Gasteiger partial charge in [-0.2, -0.15) is 15.4 Å². The Labute approximate surface area is 119 Å². The molecule has 1 atom stereocenters. The fourth-order valence-electron chi connectivity index (χ4n) is 1.44. The predicted octanol–water partition coefficient (Wildman–Crippen LogP) is 2.15. The van der Waals surface area contributed by atoms with Gasteiger partial charge < -0.3 is 5.73 Å². The maximum Gasteiger partial charge on any atom is 0.143 e. The summed E-state index contributed by atoms with van der Waals surface area (Å²) < 4.78 is 0. The van der Waals surface area contributed by atoms with Crippen LogP contribution >= 0.6 is 0 Å². The van der Waals surface area contributed by atoms with Crippen molar-refractivity contribution in [1.82, 2.24) is 0 Å². The molecule has 0 aliphatic carbocycles. The van der Waals surface area contributed by atoms with Gasteiger partial charge >= 0.3 is 0 Å². The zero-order chi connectivity index (χ0) is 15.3. The van der Waals surface area contributed by atoms with E-state index in [0.29, 0.717) is 6.61 Å². The third kappa shape index (κ3) is 8.81. The molecule has 20 heavy (non-hydrogen) atoms. The van der Waals surface area contributed by atoms with Gasteiger partial charge in [0.15, 0.2) is 0 Å². The molecule has 0 saturated heterocycles. The van der Waals surface area contributed by atoms with Gasteiger partial charge in [-0.1, -0.05) is 26.2 Å². The van der Waals surface area contributed by atoms with Crippen LogP contribution in [0.4, 0.5) is 0 Å². The molecule has 0 rings (SSSR count). The smallest absolute Gasteiger partial charge is 0.143 e. The van der Waals surface area contributed by atoms with Crippen molar-refractivity contribution in [3.63, 3.8) is 0 Å². The van der Waals surface area contributed by atoms with Crippen LogP contribution in [0.1, 0.15) is 46.0 Å². The molecule has 7 heteroatoms. The van der Waals surface area contributed by atoms with E-state index in [1.54, 1.807) is 0 Å². The fraction of sp³-hybridized carbons (Fsp3) is 0.846. The molecule has 7 nitrogen and oxygen atoms in total. The molecule has 0 fully saturated rings. The Morgan fingerprint density at radius 1 is 1.15 bits per heavy atom. The van der Waals surface area contributed by atoms with Gasteiger partial charge in [0.2, 0.25) is 0 Å². The first-order chi connectivity index (χ1) is 9.61. The molecule has 0 aromatic rings. The number of nitrogens with zero attached hydrogens (tertiary/aromatic N) is 2. The minimum atomic E-state index is -1.17. The van der Waals surface area contributed by atoms with Gasteiger partial charge in [0.1, 0.15) is 11.5 Å². The maximum atomic E-state index is 8.88. The van der Waals surface area contributed by atoms with Crippen LogP contribution in [-0.4, -0.2) is 19.3 Å². The molecule has 0 heterocycles. The van der Waals surface area contributed by atoms with Crippen LogP contribution < -0.4 is 5.73 Å². The summed E-state index contributed by atoms with van der Waals surface area (Å²) in [6.45, 7) is 4.13. The number of nitriles is 2. The minimum Gasteiger partial charge on any atom is -0.328 e. The van der Waals surface area contributed by atoms with Crippen LogP contribution in [-0.2, 0) is 19.9 Å². The molecule has 0 amide bonds. The summed E-state index contributed by atoms with van der Waals surface area (Å²) in [4.78, 5) is 9.58. The van der Waals surface area contributed by atoms with Crippen molar-refractivity contribution in [3.05, 3.63) is 0 Å². The van der Waals surface area contributed by atoms with Crippen molar-refractivity contribution in [2.24, 2.45) is 11.1 Å². The summed E-state index contributed by atoms with van der Waals surface area (Å²) >= 11 is 0.